The lowest BCUT2D eigenvalue weighted by molar-refractivity contribution is -0.157. The number of rotatable bonds is 6. The molecule has 29 heavy (non-hydrogen) atoms. The summed E-state index contributed by atoms with van der Waals surface area (Å²) < 4.78 is 5.36. The standard InChI is InChI=1S/C23H26N2O4/c1-15-8-7-11-20(16(15)2)24-22(27)17(3)29-23(28)19-12-21(26)25(14-19)13-18-9-5-4-6-10-18/h4-11,17,19H,12-14H2,1-3H3,(H,24,27)/t17-,19-/m0/s1. The van der Waals surface area contributed by atoms with E-state index in [9.17, 15) is 14.4 Å². The van der Waals surface area contributed by atoms with Gasteiger partial charge in [-0.3, -0.25) is 14.4 Å². The monoisotopic (exact) mass is 394 g/mol. The minimum Gasteiger partial charge on any atom is -0.452 e. The molecule has 2 amide bonds. The van der Waals surface area contributed by atoms with E-state index in [2.05, 4.69) is 5.32 Å². The number of nitrogens with one attached hydrogen (secondary N) is 1. The first-order chi connectivity index (χ1) is 13.8. The number of esters is 1. The Morgan fingerprint density at radius 1 is 1.14 bits per heavy atom. The number of aryl methyl sites for hydroxylation is 1. The molecule has 1 saturated heterocycles. The fourth-order valence-corrected chi connectivity index (χ4v) is 3.33. The summed E-state index contributed by atoms with van der Waals surface area (Å²) in [7, 11) is 0. The van der Waals surface area contributed by atoms with Crippen LogP contribution in [0.1, 0.15) is 30.0 Å². The number of nitrogens with zero attached hydrogens (tertiary/aromatic N) is 1. The van der Waals surface area contributed by atoms with E-state index in [1.807, 2.05) is 62.4 Å². The number of likely N-dealkylation sites (tertiary alicyclic amines) is 1. The summed E-state index contributed by atoms with van der Waals surface area (Å²) in [4.78, 5) is 38.8. The topological polar surface area (TPSA) is 75.7 Å². The van der Waals surface area contributed by atoms with Gasteiger partial charge in [0.25, 0.3) is 5.91 Å². The third-order valence-electron chi connectivity index (χ3n) is 5.29. The van der Waals surface area contributed by atoms with E-state index in [0.29, 0.717) is 18.8 Å². The lowest BCUT2D eigenvalue weighted by atomic mass is 10.1. The van der Waals surface area contributed by atoms with Gasteiger partial charge in [0.2, 0.25) is 5.91 Å². The molecule has 0 aliphatic carbocycles. The van der Waals surface area contributed by atoms with Crippen LogP contribution in [0.3, 0.4) is 0 Å². The van der Waals surface area contributed by atoms with Gasteiger partial charge >= 0.3 is 5.97 Å². The summed E-state index contributed by atoms with van der Waals surface area (Å²) in [6.07, 6.45) is -0.836. The summed E-state index contributed by atoms with van der Waals surface area (Å²) in [6.45, 7) is 6.20. The molecule has 0 spiro atoms. The fraction of sp³-hybridized carbons (Fsp3) is 0.348. The lowest BCUT2D eigenvalue weighted by Gasteiger charge is -2.18. The summed E-state index contributed by atoms with van der Waals surface area (Å²) in [5.74, 6) is -1.54. The van der Waals surface area contributed by atoms with Crippen LogP contribution in [0.4, 0.5) is 5.69 Å². The molecular formula is C23H26N2O4. The van der Waals surface area contributed by atoms with Crippen LogP contribution in [-0.4, -0.2) is 35.3 Å². The number of hydrogen-bond acceptors (Lipinski definition) is 4. The van der Waals surface area contributed by atoms with Crippen LogP contribution in [-0.2, 0) is 25.7 Å². The van der Waals surface area contributed by atoms with Gasteiger partial charge in [0.05, 0.1) is 5.92 Å². The maximum Gasteiger partial charge on any atom is 0.312 e. The third kappa shape index (κ3) is 5.02. The van der Waals surface area contributed by atoms with E-state index < -0.39 is 23.9 Å². The Kier molecular flexibility index (Phi) is 6.32. The molecule has 1 heterocycles. The second-order valence-electron chi connectivity index (χ2n) is 7.48. The highest BCUT2D eigenvalue weighted by atomic mass is 16.5. The average Bonchev–Trinajstić information content (AvgIpc) is 3.06. The van der Waals surface area contributed by atoms with Crippen molar-refractivity contribution in [1.82, 2.24) is 4.90 Å². The molecule has 0 saturated carbocycles. The molecule has 6 nitrogen and oxygen atoms in total. The zero-order valence-electron chi connectivity index (χ0n) is 17.0. The predicted octanol–water partition coefficient (Wildman–Crippen LogP) is 3.22. The summed E-state index contributed by atoms with van der Waals surface area (Å²) >= 11 is 0. The normalized spacial score (nSPS) is 17.1. The van der Waals surface area contributed by atoms with Gasteiger partial charge in [-0.1, -0.05) is 42.5 Å². The summed E-state index contributed by atoms with van der Waals surface area (Å²) in [5, 5.41) is 2.80. The SMILES string of the molecule is Cc1cccc(NC(=O)[C@H](C)OC(=O)[C@H]2CC(=O)N(Cc3ccccc3)C2)c1C. The highest BCUT2D eigenvalue weighted by molar-refractivity contribution is 5.96. The first kappa shape index (κ1) is 20.6. The minimum absolute atomic E-state index is 0.0803. The van der Waals surface area contributed by atoms with Crippen molar-refractivity contribution in [3.63, 3.8) is 0 Å². The first-order valence-corrected chi connectivity index (χ1v) is 9.74. The van der Waals surface area contributed by atoms with Crippen molar-refractivity contribution >= 4 is 23.5 Å². The molecule has 152 valence electrons. The van der Waals surface area contributed by atoms with E-state index >= 15 is 0 Å². The molecule has 0 bridgehead atoms. The number of amides is 2. The van der Waals surface area contributed by atoms with Crippen LogP contribution < -0.4 is 5.32 Å². The molecule has 3 rings (SSSR count). The van der Waals surface area contributed by atoms with Crippen LogP contribution in [0.15, 0.2) is 48.5 Å². The van der Waals surface area contributed by atoms with E-state index in [4.69, 9.17) is 4.74 Å². The van der Waals surface area contributed by atoms with Crippen molar-refractivity contribution < 1.29 is 19.1 Å². The number of carbonyl (C=O) groups is 3. The average molecular weight is 394 g/mol. The highest BCUT2D eigenvalue weighted by Gasteiger charge is 2.36. The van der Waals surface area contributed by atoms with Gasteiger partial charge in [0, 0.05) is 25.2 Å². The van der Waals surface area contributed by atoms with Crippen LogP contribution in [0.5, 0.6) is 0 Å². The number of hydrogen-bond donors (Lipinski definition) is 1. The maximum absolute atomic E-state index is 12.5. The van der Waals surface area contributed by atoms with Gasteiger partial charge in [0.1, 0.15) is 0 Å². The summed E-state index contributed by atoms with van der Waals surface area (Å²) in [5.41, 5.74) is 3.74. The highest BCUT2D eigenvalue weighted by Crippen LogP contribution is 2.23. The van der Waals surface area contributed by atoms with Crippen molar-refractivity contribution in [1.29, 1.82) is 0 Å². The Morgan fingerprint density at radius 2 is 1.86 bits per heavy atom. The molecule has 2 atom stereocenters. The van der Waals surface area contributed by atoms with Gasteiger partial charge in [0.15, 0.2) is 6.10 Å². The molecule has 1 N–H and O–H groups in total. The number of ether oxygens (including phenoxy) is 1. The first-order valence-electron chi connectivity index (χ1n) is 9.74. The molecule has 1 fully saturated rings. The molecular weight excluding hydrogens is 368 g/mol. The van der Waals surface area contributed by atoms with Crippen LogP contribution in [0.2, 0.25) is 0 Å². The smallest absolute Gasteiger partial charge is 0.312 e. The zero-order chi connectivity index (χ0) is 21.0. The Labute approximate surface area is 170 Å². The second-order valence-corrected chi connectivity index (χ2v) is 7.48. The van der Waals surface area contributed by atoms with Crippen molar-refractivity contribution in [3.05, 3.63) is 65.2 Å². The molecule has 6 heteroatoms. The molecule has 1 aliphatic rings. The Balaban J connectivity index is 1.54. The molecule has 0 unspecified atom stereocenters. The van der Waals surface area contributed by atoms with Crippen molar-refractivity contribution in [2.45, 2.75) is 39.8 Å². The number of benzene rings is 2. The molecule has 0 aromatic heterocycles. The number of anilines is 1. The van der Waals surface area contributed by atoms with Gasteiger partial charge in [-0.25, -0.2) is 0 Å². The molecule has 1 aliphatic heterocycles. The molecule has 2 aromatic carbocycles. The van der Waals surface area contributed by atoms with Gasteiger partial charge < -0.3 is 15.0 Å². The van der Waals surface area contributed by atoms with Crippen molar-refractivity contribution in [2.75, 3.05) is 11.9 Å². The Morgan fingerprint density at radius 3 is 2.59 bits per heavy atom. The van der Waals surface area contributed by atoms with Gasteiger partial charge in [-0.2, -0.15) is 0 Å². The van der Waals surface area contributed by atoms with Crippen LogP contribution >= 0.6 is 0 Å². The quantitative estimate of drug-likeness (QED) is 0.764. The zero-order valence-corrected chi connectivity index (χ0v) is 17.0. The third-order valence-corrected chi connectivity index (χ3v) is 5.29. The largest absolute Gasteiger partial charge is 0.452 e. The van der Waals surface area contributed by atoms with Gasteiger partial charge in [-0.15, -0.1) is 0 Å². The second kappa shape index (κ2) is 8.90. The van der Waals surface area contributed by atoms with Crippen molar-refractivity contribution in [2.24, 2.45) is 5.92 Å². The predicted molar refractivity (Wildman–Crippen MR) is 110 cm³/mol. The van der Waals surface area contributed by atoms with Crippen LogP contribution in [0, 0.1) is 19.8 Å². The van der Waals surface area contributed by atoms with E-state index in [0.717, 1.165) is 16.7 Å². The van der Waals surface area contributed by atoms with E-state index in [1.165, 1.54) is 6.92 Å². The van der Waals surface area contributed by atoms with Crippen molar-refractivity contribution in [3.8, 4) is 0 Å². The van der Waals surface area contributed by atoms with Crippen LogP contribution in [0.25, 0.3) is 0 Å². The Bertz CT molecular complexity index is 910. The van der Waals surface area contributed by atoms with E-state index in [1.54, 1.807) is 4.90 Å². The Hall–Kier alpha value is -3.15. The van der Waals surface area contributed by atoms with Gasteiger partial charge in [-0.05, 0) is 43.5 Å². The number of carbonyl (C=O) groups excluding carboxylic acids is 3. The molecule has 2 aromatic rings. The fourth-order valence-electron chi connectivity index (χ4n) is 3.33. The molecule has 0 radical (unpaired) electrons. The minimum atomic E-state index is -0.944. The summed E-state index contributed by atoms with van der Waals surface area (Å²) in [6, 6.07) is 15.3. The lowest BCUT2D eigenvalue weighted by Crippen LogP contribution is -2.33. The van der Waals surface area contributed by atoms with E-state index in [-0.39, 0.29) is 12.3 Å². The maximum atomic E-state index is 12.5.